The minimum absolute atomic E-state index is 0.312. The van der Waals surface area contributed by atoms with Crippen LogP contribution in [0.2, 0.25) is 0 Å². The van der Waals surface area contributed by atoms with Gasteiger partial charge < -0.3 is 10.5 Å². The normalized spacial score (nSPS) is 12.7. The summed E-state index contributed by atoms with van der Waals surface area (Å²) >= 11 is 3.42. The van der Waals surface area contributed by atoms with Crippen LogP contribution in [-0.2, 0) is 0 Å². The SMILES string of the molecule is COc1ccc([C@@H](C)[NH3+])cc1Br. The maximum absolute atomic E-state index is 5.11. The predicted molar refractivity (Wildman–Crippen MR) is 52.0 cm³/mol. The second-order valence-electron chi connectivity index (χ2n) is 2.80. The molecule has 3 N–H and O–H groups in total. The maximum atomic E-state index is 5.11. The standard InChI is InChI=1S/C9H12BrNO/c1-6(11)7-3-4-9(12-2)8(10)5-7/h3-6H,11H2,1-2H3/p+1/t6-/m1/s1. The lowest BCUT2D eigenvalue weighted by Crippen LogP contribution is -2.51. The highest BCUT2D eigenvalue weighted by atomic mass is 79.9. The lowest BCUT2D eigenvalue weighted by Gasteiger charge is -2.06. The van der Waals surface area contributed by atoms with Crippen LogP contribution in [0.1, 0.15) is 18.5 Å². The van der Waals surface area contributed by atoms with Gasteiger partial charge in [0, 0.05) is 5.56 Å². The molecule has 1 atom stereocenters. The molecule has 0 saturated carbocycles. The zero-order valence-electron chi connectivity index (χ0n) is 7.30. The van der Waals surface area contributed by atoms with Crippen LogP contribution < -0.4 is 10.5 Å². The molecular weight excluding hydrogens is 218 g/mol. The van der Waals surface area contributed by atoms with Crippen LogP contribution in [0.4, 0.5) is 0 Å². The van der Waals surface area contributed by atoms with Gasteiger partial charge in [0.25, 0.3) is 0 Å². The topological polar surface area (TPSA) is 36.9 Å². The van der Waals surface area contributed by atoms with Crippen molar-refractivity contribution in [1.82, 2.24) is 0 Å². The quantitative estimate of drug-likeness (QED) is 0.827. The Kier molecular flexibility index (Phi) is 3.12. The number of hydrogen-bond donors (Lipinski definition) is 1. The number of ether oxygens (including phenoxy) is 1. The van der Waals surface area contributed by atoms with Crippen molar-refractivity contribution in [3.05, 3.63) is 28.2 Å². The predicted octanol–water partition coefficient (Wildman–Crippen LogP) is 1.76. The molecule has 0 amide bonds. The minimum atomic E-state index is 0.312. The monoisotopic (exact) mass is 230 g/mol. The Bertz CT molecular complexity index is 273. The van der Waals surface area contributed by atoms with Gasteiger partial charge in [-0.3, -0.25) is 0 Å². The van der Waals surface area contributed by atoms with E-state index in [1.807, 2.05) is 18.2 Å². The van der Waals surface area contributed by atoms with Crippen molar-refractivity contribution in [2.45, 2.75) is 13.0 Å². The molecule has 0 unspecified atom stereocenters. The molecule has 1 aromatic carbocycles. The first kappa shape index (κ1) is 9.55. The van der Waals surface area contributed by atoms with Crippen LogP contribution >= 0.6 is 15.9 Å². The van der Waals surface area contributed by atoms with E-state index >= 15 is 0 Å². The molecule has 0 aliphatic rings. The molecule has 0 spiro atoms. The zero-order valence-corrected chi connectivity index (χ0v) is 8.89. The Morgan fingerprint density at radius 1 is 1.50 bits per heavy atom. The molecule has 0 saturated heterocycles. The van der Waals surface area contributed by atoms with E-state index in [0.717, 1.165) is 10.2 Å². The van der Waals surface area contributed by atoms with E-state index in [0.29, 0.717) is 6.04 Å². The van der Waals surface area contributed by atoms with Crippen LogP contribution in [0, 0.1) is 0 Å². The summed E-state index contributed by atoms with van der Waals surface area (Å²) in [5.41, 5.74) is 5.15. The van der Waals surface area contributed by atoms with Gasteiger partial charge in [-0.2, -0.15) is 0 Å². The number of halogens is 1. The summed E-state index contributed by atoms with van der Waals surface area (Å²) in [5.74, 6) is 0.861. The molecule has 0 aromatic heterocycles. The first-order valence-electron chi connectivity index (χ1n) is 3.81. The summed E-state index contributed by atoms with van der Waals surface area (Å²) in [6, 6.07) is 6.32. The van der Waals surface area contributed by atoms with Crippen molar-refractivity contribution in [2.75, 3.05) is 7.11 Å². The number of benzene rings is 1. The molecule has 0 fully saturated rings. The van der Waals surface area contributed by atoms with Crippen LogP contribution in [0.25, 0.3) is 0 Å². The fourth-order valence-electron chi connectivity index (χ4n) is 0.989. The summed E-state index contributed by atoms with van der Waals surface area (Å²) < 4.78 is 6.10. The molecule has 3 heteroatoms. The van der Waals surface area contributed by atoms with Crippen LogP contribution in [0.5, 0.6) is 5.75 Å². The third-order valence-electron chi connectivity index (χ3n) is 1.74. The molecule has 1 rings (SSSR count). The molecular formula is C9H13BrNO+. The summed E-state index contributed by atoms with van der Waals surface area (Å²) in [7, 11) is 1.66. The van der Waals surface area contributed by atoms with Crippen LogP contribution in [0.15, 0.2) is 22.7 Å². The highest BCUT2D eigenvalue weighted by molar-refractivity contribution is 9.10. The number of methoxy groups -OCH3 is 1. The van der Waals surface area contributed by atoms with Gasteiger partial charge in [0.05, 0.1) is 11.6 Å². The van der Waals surface area contributed by atoms with Gasteiger partial charge >= 0.3 is 0 Å². The van der Waals surface area contributed by atoms with E-state index in [4.69, 9.17) is 4.74 Å². The van der Waals surface area contributed by atoms with Crippen molar-refractivity contribution >= 4 is 15.9 Å². The van der Waals surface area contributed by atoms with E-state index < -0.39 is 0 Å². The summed E-state index contributed by atoms with van der Waals surface area (Å²) in [5, 5.41) is 0. The first-order valence-corrected chi connectivity index (χ1v) is 4.61. The zero-order chi connectivity index (χ0) is 9.14. The van der Waals surface area contributed by atoms with E-state index in [-0.39, 0.29) is 0 Å². The fourth-order valence-corrected chi connectivity index (χ4v) is 1.55. The highest BCUT2D eigenvalue weighted by Gasteiger charge is 2.05. The molecule has 0 aliphatic carbocycles. The molecule has 0 radical (unpaired) electrons. The van der Waals surface area contributed by atoms with Gasteiger partial charge in [-0.1, -0.05) is 0 Å². The summed E-state index contributed by atoms with van der Waals surface area (Å²) in [6.07, 6.45) is 0. The second-order valence-corrected chi connectivity index (χ2v) is 3.65. The van der Waals surface area contributed by atoms with E-state index in [2.05, 4.69) is 28.6 Å². The smallest absolute Gasteiger partial charge is 0.133 e. The molecule has 66 valence electrons. The first-order chi connectivity index (χ1) is 5.65. The van der Waals surface area contributed by atoms with Crippen molar-refractivity contribution in [2.24, 2.45) is 0 Å². The fraction of sp³-hybridized carbons (Fsp3) is 0.333. The molecule has 0 heterocycles. The van der Waals surface area contributed by atoms with Gasteiger partial charge in [0.15, 0.2) is 0 Å². The van der Waals surface area contributed by atoms with Crippen molar-refractivity contribution in [3.8, 4) is 5.75 Å². The average Bonchev–Trinajstić information content (AvgIpc) is 2.04. The van der Waals surface area contributed by atoms with Gasteiger partial charge in [-0.25, -0.2) is 0 Å². The van der Waals surface area contributed by atoms with Crippen LogP contribution in [0.3, 0.4) is 0 Å². The molecule has 0 bridgehead atoms. The Labute approximate surface area is 80.8 Å². The summed E-state index contributed by atoms with van der Waals surface area (Å²) in [6.45, 7) is 2.06. The van der Waals surface area contributed by atoms with Gasteiger partial charge in [-0.15, -0.1) is 0 Å². The number of quaternary nitrogens is 1. The average molecular weight is 231 g/mol. The second kappa shape index (κ2) is 3.92. The van der Waals surface area contributed by atoms with Gasteiger partial charge in [-0.05, 0) is 41.1 Å². The molecule has 2 nitrogen and oxygen atoms in total. The van der Waals surface area contributed by atoms with E-state index in [1.165, 1.54) is 5.56 Å². The van der Waals surface area contributed by atoms with Crippen molar-refractivity contribution < 1.29 is 10.5 Å². The van der Waals surface area contributed by atoms with Gasteiger partial charge in [0.2, 0.25) is 0 Å². The van der Waals surface area contributed by atoms with E-state index in [1.54, 1.807) is 7.11 Å². The Hall–Kier alpha value is -0.540. The summed E-state index contributed by atoms with van der Waals surface area (Å²) in [4.78, 5) is 0. The maximum Gasteiger partial charge on any atom is 0.133 e. The number of hydrogen-bond acceptors (Lipinski definition) is 1. The molecule has 12 heavy (non-hydrogen) atoms. The van der Waals surface area contributed by atoms with Gasteiger partial charge in [0.1, 0.15) is 11.8 Å². The highest BCUT2D eigenvalue weighted by Crippen LogP contribution is 2.26. The van der Waals surface area contributed by atoms with Crippen molar-refractivity contribution in [1.29, 1.82) is 0 Å². The lowest BCUT2D eigenvalue weighted by molar-refractivity contribution is -0.420. The number of rotatable bonds is 2. The Morgan fingerprint density at radius 2 is 2.17 bits per heavy atom. The lowest BCUT2D eigenvalue weighted by atomic mass is 10.1. The minimum Gasteiger partial charge on any atom is -0.496 e. The van der Waals surface area contributed by atoms with E-state index in [9.17, 15) is 0 Å². The van der Waals surface area contributed by atoms with Crippen molar-refractivity contribution in [3.63, 3.8) is 0 Å². The van der Waals surface area contributed by atoms with Crippen LogP contribution in [-0.4, -0.2) is 7.11 Å². The Balaban J connectivity index is 3.02. The Morgan fingerprint density at radius 3 is 2.58 bits per heavy atom. The molecule has 1 aromatic rings. The molecule has 0 aliphatic heterocycles. The third-order valence-corrected chi connectivity index (χ3v) is 2.36. The third kappa shape index (κ3) is 1.99. The largest absolute Gasteiger partial charge is 0.496 e.